The molecule has 2 heterocycles. The fraction of sp³-hybridized carbons (Fsp3) is 0.167. The summed E-state index contributed by atoms with van der Waals surface area (Å²) in [7, 11) is 0. The molecule has 0 aliphatic rings. The number of rotatable bonds is 4. The van der Waals surface area contributed by atoms with Crippen LogP contribution in [0.25, 0.3) is 16.9 Å². The summed E-state index contributed by atoms with van der Waals surface area (Å²) in [5, 5.41) is 2.96. The maximum atomic E-state index is 13.8. The zero-order valence-corrected chi connectivity index (χ0v) is 18.5. The van der Waals surface area contributed by atoms with Crippen LogP contribution in [0.4, 0.5) is 10.1 Å². The van der Waals surface area contributed by atoms with Gasteiger partial charge in [-0.1, -0.05) is 28.1 Å². The lowest BCUT2D eigenvalue weighted by atomic mass is 10.1. The molecule has 0 radical (unpaired) electrons. The van der Waals surface area contributed by atoms with E-state index in [-0.39, 0.29) is 18.1 Å². The summed E-state index contributed by atoms with van der Waals surface area (Å²) < 4.78 is 16.7. The summed E-state index contributed by atoms with van der Waals surface area (Å²) >= 11 is 3.50. The summed E-state index contributed by atoms with van der Waals surface area (Å²) in [5.74, 6) is -0.406. The zero-order valence-electron chi connectivity index (χ0n) is 17.0. The number of carbonyl (C=O) groups excluding carboxylic acids is 1. The molecule has 0 saturated heterocycles. The number of nitrogens with one attached hydrogen (secondary N) is 1. The van der Waals surface area contributed by atoms with Crippen LogP contribution in [0.5, 0.6) is 0 Å². The van der Waals surface area contributed by atoms with Crippen LogP contribution >= 0.6 is 15.9 Å². The van der Waals surface area contributed by atoms with Crippen molar-refractivity contribution in [2.24, 2.45) is 0 Å². The number of hydrogen-bond donors (Lipinski definition) is 1. The molecule has 152 valence electrons. The Balaban J connectivity index is 1.74. The number of amides is 1. The second kappa shape index (κ2) is 8.03. The van der Waals surface area contributed by atoms with Crippen LogP contribution in [0, 0.1) is 26.6 Å². The fourth-order valence-corrected chi connectivity index (χ4v) is 3.80. The molecule has 1 amide bonds. The molecule has 30 heavy (non-hydrogen) atoms. The lowest BCUT2D eigenvalue weighted by Crippen LogP contribution is -2.16. The second-order valence-corrected chi connectivity index (χ2v) is 8.35. The van der Waals surface area contributed by atoms with Crippen molar-refractivity contribution in [3.8, 4) is 11.3 Å². The van der Waals surface area contributed by atoms with Gasteiger partial charge in [0, 0.05) is 21.9 Å². The average molecular weight is 466 g/mol. The molecular weight excluding hydrogens is 445 g/mol. The van der Waals surface area contributed by atoms with Gasteiger partial charge in [0.15, 0.2) is 0 Å². The first-order valence-corrected chi connectivity index (χ1v) is 10.4. The average Bonchev–Trinajstić information content (AvgIpc) is 3.04. The molecule has 4 rings (SSSR count). The summed E-state index contributed by atoms with van der Waals surface area (Å²) in [4.78, 5) is 17.6. The van der Waals surface area contributed by atoms with E-state index in [1.807, 2.05) is 54.8 Å². The van der Waals surface area contributed by atoms with Gasteiger partial charge in [0.1, 0.15) is 11.5 Å². The van der Waals surface area contributed by atoms with E-state index in [0.29, 0.717) is 11.3 Å². The number of aromatic nitrogens is 2. The number of carbonyl (C=O) groups is 1. The first kappa shape index (κ1) is 20.3. The Labute approximate surface area is 182 Å². The van der Waals surface area contributed by atoms with Gasteiger partial charge < -0.3 is 9.72 Å². The first-order valence-electron chi connectivity index (χ1n) is 9.62. The minimum absolute atomic E-state index is 0.141. The van der Waals surface area contributed by atoms with Crippen LogP contribution in [-0.2, 0) is 11.2 Å². The molecule has 0 aliphatic carbocycles. The predicted molar refractivity (Wildman–Crippen MR) is 121 cm³/mol. The Morgan fingerprint density at radius 1 is 1.07 bits per heavy atom. The van der Waals surface area contributed by atoms with Crippen molar-refractivity contribution in [2.45, 2.75) is 27.2 Å². The smallest absolute Gasteiger partial charge is 0.230 e. The number of halogens is 2. The minimum Gasteiger partial charge on any atom is -0.326 e. The van der Waals surface area contributed by atoms with Crippen LogP contribution in [-0.4, -0.2) is 15.3 Å². The highest BCUT2D eigenvalue weighted by Gasteiger charge is 2.18. The number of aryl methyl sites for hydroxylation is 3. The molecule has 4 nitrogen and oxygen atoms in total. The summed E-state index contributed by atoms with van der Waals surface area (Å²) in [6.45, 7) is 5.71. The van der Waals surface area contributed by atoms with Crippen LogP contribution in [0.3, 0.4) is 0 Å². The van der Waals surface area contributed by atoms with Crippen molar-refractivity contribution in [1.82, 2.24) is 9.38 Å². The van der Waals surface area contributed by atoms with Crippen molar-refractivity contribution >= 4 is 33.2 Å². The van der Waals surface area contributed by atoms with Gasteiger partial charge in [-0.25, -0.2) is 9.37 Å². The number of fused-ring (bicyclic) bond motifs is 1. The normalized spacial score (nSPS) is 11.1. The Morgan fingerprint density at radius 3 is 2.60 bits per heavy atom. The van der Waals surface area contributed by atoms with Crippen LogP contribution in [0.2, 0.25) is 0 Å². The Bertz CT molecular complexity index is 1280. The number of pyridine rings is 1. The summed E-state index contributed by atoms with van der Waals surface area (Å²) in [6, 6.07) is 14.5. The second-order valence-electron chi connectivity index (χ2n) is 7.49. The van der Waals surface area contributed by atoms with Crippen molar-refractivity contribution in [2.75, 3.05) is 5.32 Å². The van der Waals surface area contributed by atoms with Crippen molar-refractivity contribution in [3.05, 3.63) is 87.4 Å². The van der Waals surface area contributed by atoms with E-state index in [9.17, 15) is 9.18 Å². The number of benzene rings is 2. The molecule has 0 unspecified atom stereocenters. The molecular formula is C24H21BrFN3O. The Kier molecular flexibility index (Phi) is 5.43. The SMILES string of the molecule is Cc1ccc2nc(-c3ccc(F)c(C)c3)c(CC(=O)Nc3ccc(C)c(Br)c3)n2c1. The van der Waals surface area contributed by atoms with Gasteiger partial charge in [-0.05, 0) is 73.9 Å². The van der Waals surface area contributed by atoms with E-state index in [2.05, 4.69) is 21.2 Å². The molecule has 0 atom stereocenters. The van der Waals surface area contributed by atoms with E-state index >= 15 is 0 Å². The van der Waals surface area contributed by atoms with Crippen LogP contribution in [0.15, 0.2) is 59.2 Å². The molecule has 0 saturated carbocycles. The van der Waals surface area contributed by atoms with Crippen molar-refractivity contribution in [1.29, 1.82) is 0 Å². The third kappa shape index (κ3) is 4.00. The molecule has 1 N–H and O–H groups in total. The molecule has 0 bridgehead atoms. The van der Waals surface area contributed by atoms with Gasteiger partial charge in [0.25, 0.3) is 0 Å². The number of imidazole rings is 1. The van der Waals surface area contributed by atoms with E-state index in [0.717, 1.165) is 38.2 Å². The standard InChI is InChI=1S/C24H21BrFN3O/c1-14-4-9-22-28-24(17-6-8-20(26)16(3)10-17)21(29(22)13-14)12-23(30)27-18-7-5-15(2)19(25)11-18/h4-11,13H,12H2,1-3H3,(H,27,30). The van der Waals surface area contributed by atoms with Crippen molar-refractivity contribution < 1.29 is 9.18 Å². The monoisotopic (exact) mass is 465 g/mol. The predicted octanol–water partition coefficient (Wildman–Crippen LogP) is 6.01. The maximum Gasteiger partial charge on any atom is 0.230 e. The van der Waals surface area contributed by atoms with Crippen molar-refractivity contribution in [3.63, 3.8) is 0 Å². The third-order valence-electron chi connectivity index (χ3n) is 5.08. The van der Waals surface area contributed by atoms with Gasteiger partial charge in [-0.3, -0.25) is 4.79 Å². The molecule has 0 spiro atoms. The molecule has 2 aromatic heterocycles. The third-order valence-corrected chi connectivity index (χ3v) is 5.93. The molecule has 6 heteroatoms. The minimum atomic E-state index is -0.261. The number of hydrogen-bond acceptors (Lipinski definition) is 2. The van der Waals surface area contributed by atoms with E-state index < -0.39 is 0 Å². The van der Waals surface area contributed by atoms with Crippen LogP contribution in [0.1, 0.15) is 22.4 Å². The largest absolute Gasteiger partial charge is 0.326 e. The fourth-order valence-electron chi connectivity index (χ4n) is 3.42. The van der Waals surface area contributed by atoms with Gasteiger partial charge in [0.2, 0.25) is 5.91 Å². The highest BCUT2D eigenvalue weighted by Crippen LogP contribution is 2.28. The molecule has 4 aromatic rings. The van der Waals surface area contributed by atoms with Crippen LogP contribution < -0.4 is 5.32 Å². The Hall–Kier alpha value is -2.99. The lowest BCUT2D eigenvalue weighted by molar-refractivity contribution is -0.115. The van der Waals surface area contributed by atoms with E-state index in [4.69, 9.17) is 4.98 Å². The van der Waals surface area contributed by atoms with Gasteiger partial charge >= 0.3 is 0 Å². The summed E-state index contributed by atoms with van der Waals surface area (Å²) in [5.41, 5.74) is 6.41. The maximum absolute atomic E-state index is 13.8. The molecule has 2 aromatic carbocycles. The van der Waals surface area contributed by atoms with Gasteiger partial charge in [-0.15, -0.1) is 0 Å². The van der Waals surface area contributed by atoms with Gasteiger partial charge in [-0.2, -0.15) is 0 Å². The Morgan fingerprint density at radius 2 is 1.87 bits per heavy atom. The quantitative estimate of drug-likeness (QED) is 0.401. The highest BCUT2D eigenvalue weighted by atomic mass is 79.9. The first-order chi connectivity index (χ1) is 14.3. The van der Waals surface area contributed by atoms with Gasteiger partial charge in [0.05, 0.1) is 17.8 Å². The topological polar surface area (TPSA) is 46.4 Å². The molecule has 0 fully saturated rings. The number of anilines is 1. The molecule has 0 aliphatic heterocycles. The van der Waals surface area contributed by atoms with E-state index in [1.165, 1.54) is 6.07 Å². The number of nitrogens with zero attached hydrogens (tertiary/aromatic N) is 2. The lowest BCUT2D eigenvalue weighted by Gasteiger charge is -2.09. The highest BCUT2D eigenvalue weighted by molar-refractivity contribution is 9.10. The summed E-state index contributed by atoms with van der Waals surface area (Å²) in [6.07, 6.45) is 2.11. The van der Waals surface area contributed by atoms with E-state index in [1.54, 1.807) is 19.1 Å². The zero-order chi connectivity index (χ0) is 21.4.